The number of rotatable bonds is 7. The lowest BCUT2D eigenvalue weighted by Crippen LogP contribution is -2.44. The van der Waals surface area contributed by atoms with E-state index in [1.165, 1.54) is 19.2 Å². The van der Waals surface area contributed by atoms with Crippen molar-refractivity contribution in [2.45, 2.75) is 68.9 Å². The predicted octanol–water partition coefficient (Wildman–Crippen LogP) is 4.68. The number of nitrogens with zero attached hydrogens (tertiary/aromatic N) is 1. The molecule has 0 spiro atoms. The number of amides is 1. The van der Waals surface area contributed by atoms with Crippen molar-refractivity contribution in [2.24, 2.45) is 0 Å². The number of para-hydroxylation sites is 1. The Hall–Kier alpha value is -2.58. The van der Waals surface area contributed by atoms with Crippen LogP contribution in [0.25, 0.3) is 0 Å². The molecular formula is C26H34N2O5S. The molecule has 1 fully saturated rings. The zero-order valence-corrected chi connectivity index (χ0v) is 21.0. The van der Waals surface area contributed by atoms with Crippen LogP contribution in [0.5, 0.6) is 11.5 Å². The highest BCUT2D eigenvalue weighted by atomic mass is 32.2. The third kappa shape index (κ3) is 4.79. The fourth-order valence-electron chi connectivity index (χ4n) is 4.95. The van der Waals surface area contributed by atoms with Gasteiger partial charge in [-0.05, 0) is 56.4 Å². The lowest BCUT2D eigenvalue weighted by molar-refractivity contribution is 0.0260. The van der Waals surface area contributed by atoms with Crippen molar-refractivity contribution in [3.63, 3.8) is 0 Å². The molecule has 2 aromatic carbocycles. The van der Waals surface area contributed by atoms with Gasteiger partial charge in [-0.15, -0.1) is 0 Å². The third-order valence-electron chi connectivity index (χ3n) is 7.14. The van der Waals surface area contributed by atoms with Crippen LogP contribution in [0, 0.1) is 0 Å². The van der Waals surface area contributed by atoms with Crippen LogP contribution >= 0.6 is 0 Å². The lowest BCUT2D eigenvalue weighted by Gasteiger charge is -2.41. The Kier molecular flexibility index (Phi) is 7.19. The molecule has 2 aliphatic heterocycles. The van der Waals surface area contributed by atoms with Crippen LogP contribution in [-0.4, -0.2) is 45.0 Å². The fraction of sp³-hybridized carbons (Fsp3) is 0.500. The first-order valence-electron chi connectivity index (χ1n) is 12.1. The molecule has 1 amide bonds. The second kappa shape index (κ2) is 9.96. The SMILES string of the molecule is CCC1(CC)CC(NS(=O)(=O)c2ccc(OC)c(C(=O)N3CCCCC3)c2)c2ccccc2O1. The van der Waals surface area contributed by atoms with E-state index in [2.05, 4.69) is 18.6 Å². The van der Waals surface area contributed by atoms with E-state index in [-0.39, 0.29) is 16.4 Å². The number of hydrogen-bond acceptors (Lipinski definition) is 5. The molecule has 1 saturated heterocycles. The van der Waals surface area contributed by atoms with Crippen molar-refractivity contribution in [1.82, 2.24) is 9.62 Å². The van der Waals surface area contributed by atoms with Gasteiger partial charge in [-0.3, -0.25) is 4.79 Å². The number of methoxy groups -OCH3 is 1. The number of fused-ring (bicyclic) bond motifs is 1. The largest absolute Gasteiger partial charge is 0.496 e. The van der Waals surface area contributed by atoms with E-state index in [1.807, 2.05) is 24.3 Å². The van der Waals surface area contributed by atoms with Crippen molar-refractivity contribution in [2.75, 3.05) is 20.2 Å². The molecule has 2 heterocycles. The van der Waals surface area contributed by atoms with Gasteiger partial charge in [0, 0.05) is 25.1 Å². The van der Waals surface area contributed by atoms with E-state index in [1.54, 1.807) is 11.0 Å². The number of likely N-dealkylation sites (tertiary alicyclic amines) is 1. The van der Waals surface area contributed by atoms with E-state index >= 15 is 0 Å². The van der Waals surface area contributed by atoms with Crippen molar-refractivity contribution in [1.29, 1.82) is 0 Å². The maximum absolute atomic E-state index is 13.5. The monoisotopic (exact) mass is 486 g/mol. The van der Waals surface area contributed by atoms with Gasteiger partial charge in [-0.25, -0.2) is 13.1 Å². The van der Waals surface area contributed by atoms with Gasteiger partial charge in [0.2, 0.25) is 10.0 Å². The van der Waals surface area contributed by atoms with Gasteiger partial charge in [0.1, 0.15) is 17.1 Å². The highest BCUT2D eigenvalue weighted by Crippen LogP contribution is 2.43. The average Bonchev–Trinajstić information content (AvgIpc) is 2.88. The lowest BCUT2D eigenvalue weighted by atomic mass is 9.84. The normalized spacial score (nSPS) is 19.7. The number of benzene rings is 2. The maximum Gasteiger partial charge on any atom is 0.257 e. The van der Waals surface area contributed by atoms with Crippen LogP contribution in [0.15, 0.2) is 47.4 Å². The zero-order chi connectivity index (χ0) is 24.3. The predicted molar refractivity (Wildman–Crippen MR) is 131 cm³/mol. The molecule has 1 atom stereocenters. The van der Waals surface area contributed by atoms with Gasteiger partial charge < -0.3 is 14.4 Å². The maximum atomic E-state index is 13.5. The summed E-state index contributed by atoms with van der Waals surface area (Å²) in [5, 5.41) is 0. The summed E-state index contributed by atoms with van der Waals surface area (Å²) in [6.45, 7) is 5.47. The number of carbonyl (C=O) groups is 1. The number of nitrogens with one attached hydrogen (secondary N) is 1. The Morgan fingerprint density at radius 1 is 1.12 bits per heavy atom. The van der Waals surface area contributed by atoms with Crippen molar-refractivity contribution in [3.8, 4) is 11.5 Å². The summed E-state index contributed by atoms with van der Waals surface area (Å²) in [4.78, 5) is 15.0. The molecule has 7 nitrogen and oxygen atoms in total. The van der Waals surface area contributed by atoms with Crippen molar-refractivity contribution in [3.05, 3.63) is 53.6 Å². The smallest absolute Gasteiger partial charge is 0.257 e. The van der Waals surface area contributed by atoms with Crippen LogP contribution in [-0.2, 0) is 10.0 Å². The van der Waals surface area contributed by atoms with Crippen LogP contribution in [0.4, 0.5) is 0 Å². The Labute approximate surface area is 202 Å². The summed E-state index contributed by atoms with van der Waals surface area (Å²) in [5.41, 5.74) is 0.662. The van der Waals surface area contributed by atoms with Crippen LogP contribution in [0.2, 0.25) is 0 Å². The van der Waals surface area contributed by atoms with Gasteiger partial charge in [-0.2, -0.15) is 0 Å². The first-order valence-corrected chi connectivity index (χ1v) is 13.6. The number of carbonyl (C=O) groups excluding carboxylic acids is 1. The summed E-state index contributed by atoms with van der Waals surface area (Å²) in [6.07, 6.45) is 5.08. The standard InChI is InChI=1S/C26H34N2O5S/c1-4-26(5-2)18-22(20-11-7-8-12-24(20)33-26)27-34(30,31)19-13-14-23(32-3)21(17-19)25(29)28-15-9-6-10-16-28/h7-8,11-14,17,22,27H,4-6,9-10,15-16,18H2,1-3H3. The molecule has 0 bridgehead atoms. The molecule has 0 radical (unpaired) electrons. The highest BCUT2D eigenvalue weighted by Gasteiger charge is 2.40. The minimum atomic E-state index is -3.91. The topological polar surface area (TPSA) is 84.9 Å². The number of sulfonamides is 1. The minimum Gasteiger partial charge on any atom is -0.496 e. The molecule has 184 valence electrons. The molecule has 0 aromatic heterocycles. The minimum absolute atomic E-state index is 0.0521. The molecule has 2 aliphatic rings. The first kappa shape index (κ1) is 24.5. The Morgan fingerprint density at radius 3 is 2.50 bits per heavy atom. The van der Waals surface area contributed by atoms with Gasteiger partial charge in [-0.1, -0.05) is 32.0 Å². The van der Waals surface area contributed by atoms with Gasteiger partial charge in [0.15, 0.2) is 0 Å². The van der Waals surface area contributed by atoms with E-state index in [0.717, 1.165) is 37.7 Å². The van der Waals surface area contributed by atoms with Gasteiger partial charge in [0.25, 0.3) is 5.91 Å². The molecule has 2 aromatic rings. The number of hydrogen-bond donors (Lipinski definition) is 1. The van der Waals surface area contributed by atoms with Crippen LogP contribution in [0.1, 0.15) is 74.3 Å². The van der Waals surface area contributed by atoms with E-state index < -0.39 is 21.7 Å². The van der Waals surface area contributed by atoms with E-state index in [0.29, 0.717) is 31.0 Å². The van der Waals surface area contributed by atoms with Crippen LogP contribution < -0.4 is 14.2 Å². The summed E-state index contributed by atoms with van der Waals surface area (Å²) < 4.78 is 41.7. The van der Waals surface area contributed by atoms with Gasteiger partial charge in [0.05, 0.1) is 23.6 Å². The van der Waals surface area contributed by atoms with Crippen molar-refractivity contribution >= 4 is 15.9 Å². The molecule has 1 N–H and O–H groups in total. The summed E-state index contributed by atoms with van der Waals surface area (Å²) in [7, 11) is -2.42. The summed E-state index contributed by atoms with van der Waals surface area (Å²) in [6, 6.07) is 11.6. The molecule has 34 heavy (non-hydrogen) atoms. The zero-order valence-electron chi connectivity index (χ0n) is 20.2. The number of ether oxygens (including phenoxy) is 2. The molecule has 0 aliphatic carbocycles. The first-order chi connectivity index (χ1) is 16.3. The van der Waals surface area contributed by atoms with Gasteiger partial charge >= 0.3 is 0 Å². The quantitative estimate of drug-likeness (QED) is 0.614. The van der Waals surface area contributed by atoms with E-state index in [4.69, 9.17) is 9.47 Å². The Balaban J connectivity index is 1.66. The van der Waals surface area contributed by atoms with E-state index in [9.17, 15) is 13.2 Å². The third-order valence-corrected chi connectivity index (χ3v) is 8.61. The van der Waals surface area contributed by atoms with Crippen LogP contribution in [0.3, 0.4) is 0 Å². The Bertz CT molecular complexity index is 1140. The molecule has 8 heteroatoms. The molecular weight excluding hydrogens is 452 g/mol. The molecule has 4 rings (SSSR count). The molecule has 0 saturated carbocycles. The van der Waals surface area contributed by atoms with Crippen molar-refractivity contribution < 1.29 is 22.7 Å². The number of piperidine rings is 1. The highest BCUT2D eigenvalue weighted by molar-refractivity contribution is 7.89. The fourth-order valence-corrected chi connectivity index (χ4v) is 6.19. The summed E-state index contributed by atoms with van der Waals surface area (Å²) >= 11 is 0. The molecule has 1 unspecified atom stereocenters. The average molecular weight is 487 g/mol. The second-order valence-electron chi connectivity index (χ2n) is 9.12. The second-order valence-corrected chi connectivity index (χ2v) is 10.8. The summed E-state index contributed by atoms with van der Waals surface area (Å²) in [5.74, 6) is 0.892. The Morgan fingerprint density at radius 2 is 1.82 bits per heavy atom.